The second kappa shape index (κ2) is 5.42. The summed E-state index contributed by atoms with van der Waals surface area (Å²) in [7, 11) is 0. The number of hydrogen-bond acceptors (Lipinski definition) is 3. The van der Waals surface area contributed by atoms with E-state index in [0.29, 0.717) is 17.1 Å². The van der Waals surface area contributed by atoms with Crippen molar-refractivity contribution in [3.63, 3.8) is 0 Å². The van der Waals surface area contributed by atoms with E-state index in [0.717, 1.165) is 15.2 Å². The summed E-state index contributed by atoms with van der Waals surface area (Å²) in [5.74, 6) is 1.26. The van der Waals surface area contributed by atoms with Gasteiger partial charge in [0, 0.05) is 16.2 Å². The second-order valence-electron chi connectivity index (χ2n) is 3.25. The molecule has 1 heterocycles. The molecule has 2 rings (SSSR count). The van der Waals surface area contributed by atoms with Crippen molar-refractivity contribution in [1.29, 1.82) is 0 Å². The summed E-state index contributed by atoms with van der Waals surface area (Å²) in [6.07, 6.45) is 4.08. The van der Waals surface area contributed by atoms with E-state index in [-0.39, 0.29) is 0 Å². The van der Waals surface area contributed by atoms with Gasteiger partial charge in [-0.2, -0.15) is 0 Å². The molecule has 0 saturated carbocycles. The van der Waals surface area contributed by atoms with E-state index in [4.69, 9.17) is 4.74 Å². The summed E-state index contributed by atoms with van der Waals surface area (Å²) in [4.78, 5) is 14.6. The molecule has 0 fully saturated rings. The Hall–Kier alpha value is -1.20. The zero-order valence-electron chi connectivity index (χ0n) is 8.56. The molecular formula is C12H7Br2NO2. The van der Waals surface area contributed by atoms with Gasteiger partial charge in [-0.25, -0.2) is 0 Å². The van der Waals surface area contributed by atoms with Gasteiger partial charge in [0.05, 0.1) is 10.7 Å². The van der Waals surface area contributed by atoms with Crippen molar-refractivity contribution in [1.82, 2.24) is 4.98 Å². The highest BCUT2D eigenvalue weighted by atomic mass is 79.9. The molecule has 2 aromatic rings. The van der Waals surface area contributed by atoms with E-state index < -0.39 is 0 Å². The quantitative estimate of drug-likeness (QED) is 0.773. The van der Waals surface area contributed by atoms with E-state index in [1.807, 2.05) is 6.07 Å². The highest BCUT2D eigenvalue weighted by Gasteiger charge is 2.04. The van der Waals surface area contributed by atoms with E-state index in [9.17, 15) is 4.79 Å². The van der Waals surface area contributed by atoms with Crippen molar-refractivity contribution in [3.8, 4) is 11.5 Å². The monoisotopic (exact) mass is 355 g/mol. The van der Waals surface area contributed by atoms with Crippen LogP contribution in [0.25, 0.3) is 0 Å². The van der Waals surface area contributed by atoms with Crippen LogP contribution in [-0.2, 0) is 0 Å². The Kier molecular flexibility index (Phi) is 3.91. The van der Waals surface area contributed by atoms with Gasteiger partial charge in [-0.1, -0.05) is 0 Å². The molecule has 0 saturated heterocycles. The van der Waals surface area contributed by atoms with Gasteiger partial charge in [-0.05, 0) is 56.1 Å². The van der Waals surface area contributed by atoms with Crippen molar-refractivity contribution in [2.45, 2.75) is 0 Å². The maximum absolute atomic E-state index is 10.6. The maximum atomic E-state index is 10.6. The number of carbonyl (C=O) groups is 1. The average molecular weight is 357 g/mol. The third kappa shape index (κ3) is 3.14. The zero-order chi connectivity index (χ0) is 12.3. The minimum absolute atomic E-state index is 0.594. The first-order valence-corrected chi connectivity index (χ1v) is 6.31. The fraction of sp³-hybridized carbons (Fsp3) is 0. The Bertz CT molecular complexity index is 558. The first-order chi connectivity index (χ1) is 8.19. The highest BCUT2D eigenvalue weighted by Crippen LogP contribution is 2.30. The standard InChI is InChI=1S/C12H7Br2NO2/c13-9-4-10(6-15-5-9)17-12-2-1-8(7-16)3-11(12)14/h1-7H. The van der Waals surface area contributed by atoms with Crippen LogP contribution in [-0.4, -0.2) is 11.3 Å². The van der Waals surface area contributed by atoms with Gasteiger partial charge >= 0.3 is 0 Å². The van der Waals surface area contributed by atoms with E-state index in [1.54, 1.807) is 30.6 Å². The maximum Gasteiger partial charge on any atom is 0.150 e. The Balaban J connectivity index is 2.27. The number of benzene rings is 1. The molecule has 0 amide bonds. The molecule has 0 radical (unpaired) electrons. The molecule has 0 bridgehead atoms. The number of pyridine rings is 1. The van der Waals surface area contributed by atoms with Crippen LogP contribution in [0.1, 0.15) is 10.4 Å². The topological polar surface area (TPSA) is 39.2 Å². The first kappa shape index (κ1) is 12.3. The Morgan fingerprint density at radius 2 is 2.00 bits per heavy atom. The van der Waals surface area contributed by atoms with Crippen LogP contribution in [0.2, 0.25) is 0 Å². The van der Waals surface area contributed by atoms with Crippen LogP contribution in [0.3, 0.4) is 0 Å². The van der Waals surface area contributed by atoms with Gasteiger partial charge in [0.2, 0.25) is 0 Å². The van der Waals surface area contributed by atoms with Crippen molar-refractivity contribution in [3.05, 3.63) is 51.2 Å². The van der Waals surface area contributed by atoms with Gasteiger partial charge in [0.1, 0.15) is 17.8 Å². The molecule has 1 aromatic carbocycles. The molecule has 0 spiro atoms. The fourth-order valence-corrected chi connectivity index (χ4v) is 2.07. The molecule has 0 aliphatic heterocycles. The molecule has 0 atom stereocenters. The van der Waals surface area contributed by atoms with Crippen LogP contribution < -0.4 is 4.74 Å². The molecule has 5 heteroatoms. The molecule has 0 N–H and O–H groups in total. The third-order valence-electron chi connectivity index (χ3n) is 2.00. The summed E-state index contributed by atoms with van der Waals surface area (Å²) in [5.41, 5.74) is 0.594. The zero-order valence-corrected chi connectivity index (χ0v) is 11.7. The lowest BCUT2D eigenvalue weighted by atomic mass is 10.2. The van der Waals surface area contributed by atoms with Crippen LogP contribution in [0.5, 0.6) is 11.5 Å². The third-order valence-corrected chi connectivity index (χ3v) is 3.05. The van der Waals surface area contributed by atoms with E-state index >= 15 is 0 Å². The molecule has 17 heavy (non-hydrogen) atoms. The number of hydrogen-bond donors (Lipinski definition) is 0. The molecule has 0 unspecified atom stereocenters. The first-order valence-electron chi connectivity index (χ1n) is 4.72. The van der Waals surface area contributed by atoms with Crippen LogP contribution in [0, 0.1) is 0 Å². The van der Waals surface area contributed by atoms with Crippen molar-refractivity contribution in [2.75, 3.05) is 0 Å². The summed E-state index contributed by atoms with van der Waals surface area (Å²) < 4.78 is 7.20. The molecule has 3 nitrogen and oxygen atoms in total. The fourth-order valence-electron chi connectivity index (χ4n) is 1.25. The average Bonchev–Trinajstić information content (AvgIpc) is 2.32. The second-order valence-corrected chi connectivity index (χ2v) is 5.02. The predicted molar refractivity (Wildman–Crippen MR) is 71.5 cm³/mol. The smallest absolute Gasteiger partial charge is 0.150 e. The summed E-state index contributed by atoms with van der Waals surface area (Å²) in [5, 5.41) is 0. The molecule has 1 aromatic heterocycles. The minimum Gasteiger partial charge on any atom is -0.455 e. The number of carbonyl (C=O) groups excluding carboxylic acids is 1. The molecule has 0 aliphatic rings. The predicted octanol–water partition coefficient (Wildman–Crippen LogP) is 4.21. The van der Waals surface area contributed by atoms with Crippen molar-refractivity contribution in [2.24, 2.45) is 0 Å². The van der Waals surface area contributed by atoms with E-state index in [1.165, 1.54) is 0 Å². The lowest BCUT2D eigenvalue weighted by Crippen LogP contribution is -1.88. The Morgan fingerprint density at radius 1 is 1.18 bits per heavy atom. The molecular weight excluding hydrogens is 350 g/mol. The summed E-state index contributed by atoms with van der Waals surface area (Å²) >= 11 is 6.66. The van der Waals surface area contributed by atoms with E-state index in [2.05, 4.69) is 36.8 Å². The number of ether oxygens (including phenoxy) is 1. The van der Waals surface area contributed by atoms with Crippen molar-refractivity contribution < 1.29 is 9.53 Å². The van der Waals surface area contributed by atoms with Crippen LogP contribution in [0.15, 0.2) is 45.6 Å². The summed E-state index contributed by atoms with van der Waals surface area (Å²) in [6, 6.07) is 6.94. The lowest BCUT2D eigenvalue weighted by molar-refractivity contribution is 0.112. The largest absolute Gasteiger partial charge is 0.455 e. The van der Waals surface area contributed by atoms with Gasteiger partial charge in [-0.15, -0.1) is 0 Å². The summed E-state index contributed by atoms with van der Waals surface area (Å²) in [6.45, 7) is 0. The molecule has 0 aliphatic carbocycles. The van der Waals surface area contributed by atoms with Gasteiger partial charge in [0.25, 0.3) is 0 Å². The number of aromatic nitrogens is 1. The number of aldehydes is 1. The van der Waals surface area contributed by atoms with Crippen molar-refractivity contribution >= 4 is 38.1 Å². The highest BCUT2D eigenvalue weighted by molar-refractivity contribution is 9.10. The number of nitrogens with zero attached hydrogens (tertiary/aromatic N) is 1. The minimum atomic E-state index is 0.594. The number of rotatable bonds is 3. The Morgan fingerprint density at radius 3 is 2.65 bits per heavy atom. The normalized spacial score (nSPS) is 10.0. The Labute approximate surface area is 115 Å². The van der Waals surface area contributed by atoms with Crippen LogP contribution >= 0.6 is 31.9 Å². The number of halogens is 2. The molecule has 86 valence electrons. The van der Waals surface area contributed by atoms with Gasteiger partial charge in [-0.3, -0.25) is 9.78 Å². The SMILES string of the molecule is O=Cc1ccc(Oc2cncc(Br)c2)c(Br)c1. The van der Waals surface area contributed by atoms with Gasteiger partial charge < -0.3 is 4.74 Å². The lowest BCUT2D eigenvalue weighted by Gasteiger charge is -2.07. The van der Waals surface area contributed by atoms with Gasteiger partial charge in [0.15, 0.2) is 0 Å². The van der Waals surface area contributed by atoms with Crippen LogP contribution in [0.4, 0.5) is 0 Å².